The van der Waals surface area contributed by atoms with Gasteiger partial charge in [0.25, 0.3) is 5.91 Å². The van der Waals surface area contributed by atoms with E-state index in [9.17, 15) is 9.59 Å². The molecular formula is C12H11N3O3S. The summed E-state index contributed by atoms with van der Waals surface area (Å²) in [5, 5.41) is 12.8. The van der Waals surface area contributed by atoms with Gasteiger partial charge in [-0.1, -0.05) is 0 Å². The molecule has 0 aliphatic rings. The van der Waals surface area contributed by atoms with E-state index in [0.717, 1.165) is 11.3 Å². The van der Waals surface area contributed by atoms with Crippen LogP contribution in [0.2, 0.25) is 0 Å². The Balaban J connectivity index is 2.06. The summed E-state index contributed by atoms with van der Waals surface area (Å²) >= 11 is 1.11. The summed E-state index contributed by atoms with van der Waals surface area (Å²) in [6.07, 6.45) is 1.64. The van der Waals surface area contributed by atoms with Crippen molar-refractivity contribution >= 4 is 28.9 Å². The molecule has 0 unspecified atom stereocenters. The molecule has 0 aliphatic heterocycles. The van der Waals surface area contributed by atoms with Gasteiger partial charge in [-0.3, -0.25) is 4.79 Å². The molecule has 98 valence electrons. The van der Waals surface area contributed by atoms with Crippen molar-refractivity contribution in [2.75, 3.05) is 0 Å². The number of carboxylic acid groups (broad SMARTS) is 1. The van der Waals surface area contributed by atoms with Crippen molar-refractivity contribution in [3.05, 3.63) is 45.9 Å². The molecule has 0 radical (unpaired) electrons. The van der Waals surface area contributed by atoms with Gasteiger partial charge in [0, 0.05) is 6.20 Å². The van der Waals surface area contributed by atoms with Gasteiger partial charge in [-0.15, -0.1) is 11.3 Å². The number of hydrazone groups is 1. The van der Waals surface area contributed by atoms with Crippen molar-refractivity contribution in [3.8, 4) is 0 Å². The Kier molecular flexibility index (Phi) is 3.76. The molecule has 0 aliphatic carbocycles. The molecule has 0 bridgehead atoms. The maximum atomic E-state index is 11.6. The first-order chi connectivity index (χ1) is 9.08. The number of carboxylic acids is 1. The van der Waals surface area contributed by atoms with Crippen LogP contribution in [0.5, 0.6) is 0 Å². The van der Waals surface area contributed by atoms with Gasteiger partial charge in [0.15, 0.2) is 0 Å². The van der Waals surface area contributed by atoms with Gasteiger partial charge >= 0.3 is 5.97 Å². The average Bonchev–Trinajstić information content (AvgIpc) is 3.05. The molecule has 0 saturated heterocycles. The number of aromatic carboxylic acids is 1. The van der Waals surface area contributed by atoms with Crippen LogP contribution in [0.4, 0.5) is 0 Å². The summed E-state index contributed by atoms with van der Waals surface area (Å²) in [4.78, 5) is 26.1. The van der Waals surface area contributed by atoms with Crippen molar-refractivity contribution < 1.29 is 14.7 Å². The Bertz CT molecular complexity index is 628. The van der Waals surface area contributed by atoms with E-state index in [0.29, 0.717) is 16.3 Å². The Morgan fingerprint density at radius 3 is 2.63 bits per heavy atom. The van der Waals surface area contributed by atoms with Crippen LogP contribution in [-0.4, -0.2) is 27.7 Å². The Hall–Kier alpha value is -2.41. The van der Waals surface area contributed by atoms with Crippen molar-refractivity contribution in [1.29, 1.82) is 0 Å². The predicted molar refractivity (Wildman–Crippen MR) is 71.7 cm³/mol. The first-order valence-corrected chi connectivity index (χ1v) is 6.21. The Morgan fingerprint density at radius 1 is 1.32 bits per heavy atom. The lowest BCUT2D eigenvalue weighted by Crippen LogP contribution is -2.19. The molecule has 3 N–H and O–H groups in total. The van der Waals surface area contributed by atoms with Crippen LogP contribution >= 0.6 is 11.3 Å². The van der Waals surface area contributed by atoms with Crippen molar-refractivity contribution in [1.82, 2.24) is 10.4 Å². The number of aromatic nitrogens is 1. The SMILES string of the molecule is C/C(=N/NC(=O)c1ccc[nH]1)c1ccc(C(=O)O)s1. The van der Waals surface area contributed by atoms with Gasteiger partial charge in [-0.25, -0.2) is 10.2 Å². The highest BCUT2D eigenvalue weighted by Gasteiger charge is 2.09. The largest absolute Gasteiger partial charge is 0.477 e. The van der Waals surface area contributed by atoms with Gasteiger partial charge in [0.1, 0.15) is 10.6 Å². The summed E-state index contributed by atoms with van der Waals surface area (Å²) in [6, 6.07) is 6.51. The second kappa shape index (κ2) is 5.49. The maximum Gasteiger partial charge on any atom is 0.345 e. The molecule has 0 saturated carbocycles. The first kappa shape index (κ1) is 13.0. The van der Waals surface area contributed by atoms with Crippen molar-refractivity contribution in [2.45, 2.75) is 6.92 Å². The number of rotatable bonds is 4. The van der Waals surface area contributed by atoms with Crippen LogP contribution < -0.4 is 5.43 Å². The van der Waals surface area contributed by atoms with Crippen LogP contribution in [0, 0.1) is 0 Å². The minimum Gasteiger partial charge on any atom is -0.477 e. The van der Waals surface area contributed by atoms with Crippen LogP contribution in [0.25, 0.3) is 0 Å². The number of carbonyl (C=O) groups is 2. The molecule has 7 heteroatoms. The third-order valence-electron chi connectivity index (χ3n) is 2.34. The standard InChI is InChI=1S/C12H11N3O3S/c1-7(9-4-5-10(19-9)12(17)18)14-15-11(16)8-3-2-6-13-8/h2-6,13H,1H3,(H,15,16)(H,17,18)/b14-7-. The van der Waals surface area contributed by atoms with Crippen LogP contribution in [0.3, 0.4) is 0 Å². The number of hydrogen-bond donors (Lipinski definition) is 3. The van der Waals surface area contributed by atoms with E-state index >= 15 is 0 Å². The number of carbonyl (C=O) groups excluding carboxylic acids is 1. The lowest BCUT2D eigenvalue weighted by atomic mass is 10.3. The molecule has 0 fully saturated rings. The molecule has 6 nitrogen and oxygen atoms in total. The van der Waals surface area contributed by atoms with Crippen LogP contribution in [0.1, 0.15) is 32.0 Å². The lowest BCUT2D eigenvalue weighted by molar-refractivity contribution is 0.0702. The Morgan fingerprint density at radius 2 is 2.05 bits per heavy atom. The fraction of sp³-hybridized carbons (Fsp3) is 0.0833. The van der Waals surface area contributed by atoms with Gasteiger partial charge in [-0.2, -0.15) is 5.10 Å². The van der Waals surface area contributed by atoms with E-state index in [4.69, 9.17) is 5.11 Å². The number of thiophene rings is 1. The molecule has 2 aromatic rings. The summed E-state index contributed by atoms with van der Waals surface area (Å²) in [5.41, 5.74) is 3.36. The number of amides is 1. The highest BCUT2D eigenvalue weighted by Crippen LogP contribution is 2.17. The summed E-state index contributed by atoms with van der Waals surface area (Å²) in [5.74, 6) is -1.32. The normalized spacial score (nSPS) is 11.3. The molecule has 2 aromatic heterocycles. The third kappa shape index (κ3) is 3.08. The summed E-state index contributed by atoms with van der Waals surface area (Å²) in [7, 11) is 0. The number of aromatic amines is 1. The second-order valence-electron chi connectivity index (χ2n) is 3.69. The van der Waals surface area contributed by atoms with E-state index in [1.165, 1.54) is 6.07 Å². The van der Waals surface area contributed by atoms with Gasteiger partial charge in [0.2, 0.25) is 0 Å². The topological polar surface area (TPSA) is 94.5 Å². The number of H-pyrrole nitrogens is 1. The van der Waals surface area contributed by atoms with E-state index in [2.05, 4.69) is 15.5 Å². The van der Waals surface area contributed by atoms with Gasteiger partial charge in [-0.05, 0) is 31.2 Å². The number of nitrogens with one attached hydrogen (secondary N) is 2. The first-order valence-electron chi connectivity index (χ1n) is 5.39. The molecule has 1 amide bonds. The fourth-order valence-corrected chi connectivity index (χ4v) is 2.16. The van der Waals surface area contributed by atoms with Crippen LogP contribution in [-0.2, 0) is 0 Å². The second-order valence-corrected chi connectivity index (χ2v) is 4.77. The molecule has 0 aromatic carbocycles. The molecular weight excluding hydrogens is 266 g/mol. The zero-order chi connectivity index (χ0) is 13.8. The van der Waals surface area contributed by atoms with Crippen LogP contribution in [0.15, 0.2) is 35.6 Å². The monoisotopic (exact) mass is 277 g/mol. The molecule has 2 rings (SSSR count). The Labute approximate surface area is 112 Å². The minimum absolute atomic E-state index is 0.236. The molecule has 19 heavy (non-hydrogen) atoms. The molecule has 0 atom stereocenters. The quantitative estimate of drug-likeness (QED) is 0.588. The smallest absolute Gasteiger partial charge is 0.345 e. The summed E-state index contributed by atoms with van der Waals surface area (Å²) < 4.78 is 0. The van der Waals surface area contributed by atoms with Gasteiger partial charge in [0.05, 0.1) is 10.6 Å². The number of nitrogens with zero attached hydrogens (tertiary/aromatic N) is 1. The van der Waals surface area contributed by atoms with E-state index in [-0.39, 0.29) is 10.8 Å². The average molecular weight is 277 g/mol. The molecule has 2 heterocycles. The molecule has 0 spiro atoms. The summed E-state index contributed by atoms with van der Waals surface area (Å²) in [6.45, 7) is 1.70. The van der Waals surface area contributed by atoms with Crippen molar-refractivity contribution in [3.63, 3.8) is 0 Å². The van der Waals surface area contributed by atoms with Crippen molar-refractivity contribution in [2.24, 2.45) is 5.10 Å². The van der Waals surface area contributed by atoms with E-state index in [1.807, 2.05) is 0 Å². The highest BCUT2D eigenvalue weighted by atomic mass is 32.1. The zero-order valence-corrected chi connectivity index (χ0v) is 10.8. The lowest BCUT2D eigenvalue weighted by Gasteiger charge is -1.99. The third-order valence-corrected chi connectivity index (χ3v) is 3.52. The van der Waals surface area contributed by atoms with Gasteiger partial charge < -0.3 is 10.1 Å². The highest BCUT2D eigenvalue weighted by molar-refractivity contribution is 7.15. The predicted octanol–water partition coefficient (Wildman–Crippen LogP) is 1.93. The maximum absolute atomic E-state index is 11.6. The fourth-order valence-electron chi connectivity index (χ4n) is 1.37. The minimum atomic E-state index is -0.973. The number of hydrogen-bond acceptors (Lipinski definition) is 4. The van der Waals surface area contributed by atoms with E-state index in [1.54, 1.807) is 31.3 Å². The zero-order valence-electron chi connectivity index (χ0n) is 10.0. The van der Waals surface area contributed by atoms with E-state index < -0.39 is 5.97 Å².